The van der Waals surface area contributed by atoms with Crippen LogP contribution < -0.4 is 4.74 Å². The zero-order chi connectivity index (χ0) is 9.38. The standard InChI is InChI=1S/C12H14O2/c1-2-9(1)10-3-5-11(6-4-10)13-7-12-8-14-12/h3-6,9,12H,1-2,7-8H2. The van der Waals surface area contributed by atoms with E-state index in [1.165, 1.54) is 18.4 Å². The molecule has 0 bridgehead atoms. The molecule has 3 rings (SSSR count). The summed E-state index contributed by atoms with van der Waals surface area (Å²) < 4.78 is 10.6. The Kier molecular flexibility index (Phi) is 1.95. The Bertz CT molecular complexity index is 310. The lowest BCUT2D eigenvalue weighted by molar-refractivity contribution is 0.263. The molecule has 1 atom stereocenters. The Balaban J connectivity index is 1.60. The summed E-state index contributed by atoms with van der Waals surface area (Å²) in [6, 6.07) is 8.49. The zero-order valence-electron chi connectivity index (χ0n) is 8.11. The summed E-state index contributed by atoms with van der Waals surface area (Å²) in [5.41, 5.74) is 1.46. The first-order chi connectivity index (χ1) is 6.92. The lowest BCUT2D eigenvalue weighted by atomic mass is 10.1. The van der Waals surface area contributed by atoms with Crippen LogP contribution in [0, 0.1) is 0 Å². The highest BCUT2D eigenvalue weighted by Gasteiger charge is 2.24. The summed E-state index contributed by atoms with van der Waals surface area (Å²) in [6.07, 6.45) is 3.06. The van der Waals surface area contributed by atoms with Gasteiger partial charge in [0.1, 0.15) is 18.5 Å². The van der Waals surface area contributed by atoms with Gasteiger partial charge in [-0.15, -0.1) is 0 Å². The summed E-state index contributed by atoms with van der Waals surface area (Å²) in [6.45, 7) is 1.56. The van der Waals surface area contributed by atoms with E-state index in [9.17, 15) is 0 Å². The number of rotatable bonds is 4. The molecule has 74 valence electrons. The van der Waals surface area contributed by atoms with Gasteiger partial charge in [-0.25, -0.2) is 0 Å². The minimum Gasteiger partial charge on any atom is -0.491 e. The monoisotopic (exact) mass is 190 g/mol. The molecular weight excluding hydrogens is 176 g/mol. The fraction of sp³-hybridized carbons (Fsp3) is 0.500. The van der Waals surface area contributed by atoms with E-state index in [0.29, 0.717) is 12.7 Å². The molecule has 1 aliphatic heterocycles. The first-order valence-electron chi connectivity index (χ1n) is 5.26. The van der Waals surface area contributed by atoms with Gasteiger partial charge in [-0.3, -0.25) is 0 Å². The number of hydrogen-bond donors (Lipinski definition) is 0. The molecule has 0 spiro atoms. The van der Waals surface area contributed by atoms with Crippen LogP contribution in [0.4, 0.5) is 0 Å². The van der Waals surface area contributed by atoms with Crippen LogP contribution in [-0.2, 0) is 4.74 Å². The van der Waals surface area contributed by atoms with Crippen molar-refractivity contribution < 1.29 is 9.47 Å². The Labute approximate surface area is 83.8 Å². The van der Waals surface area contributed by atoms with Crippen molar-refractivity contribution in [2.45, 2.75) is 24.9 Å². The van der Waals surface area contributed by atoms with Gasteiger partial charge >= 0.3 is 0 Å². The molecule has 0 amide bonds. The molecule has 2 nitrogen and oxygen atoms in total. The molecule has 2 heteroatoms. The highest BCUT2D eigenvalue weighted by molar-refractivity contribution is 5.31. The quantitative estimate of drug-likeness (QED) is 0.680. The second-order valence-corrected chi connectivity index (χ2v) is 4.11. The van der Waals surface area contributed by atoms with Crippen molar-refractivity contribution in [1.82, 2.24) is 0 Å². The molecule has 1 aromatic rings. The Morgan fingerprint density at radius 3 is 2.50 bits per heavy atom. The maximum Gasteiger partial charge on any atom is 0.119 e. The molecule has 2 aliphatic rings. The lowest BCUT2D eigenvalue weighted by Gasteiger charge is -2.04. The third-order valence-corrected chi connectivity index (χ3v) is 2.77. The fourth-order valence-corrected chi connectivity index (χ4v) is 1.61. The molecular formula is C12H14O2. The van der Waals surface area contributed by atoms with Crippen LogP contribution in [0.2, 0.25) is 0 Å². The largest absolute Gasteiger partial charge is 0.491 e. The van der Waals surface area contributed by atoms with E-state index < -0.39 is 0 Å². The third-order valence-electron chi connectivity index (χ3n) is 2.77. The number of hydrogen-bond acceptors (Lipinski definition) is 2. The Morgan fingerprint density at radius 2 is 1.93 bits per heavy atom. The molecule has 1 saturated carbocycles. The van der Waals surface area contributed by atoms with Gasteiger partial charge < -0.3 is 9.47 Å². The van der Waals surface area contributed by atoms with Crippen molar-refractivity contribution in [3.05, 3.63) is 29.8 Å². The van der Waals surface area contributed by atoms with Crippen LogP contribution in [0.3, 0.4) is 0 Å². The first kappa shape index (κ1) is 8.30. The molecule has 1 aliphatic carbocycles. The van der Waals surface area contributed by atoms with Gasteiger partial charge in [0.15, 0.2) is 0 Å². The van der Waals surface area contributed by atoms with Gasteiger partial charge in [0.25, 0.3) is 0 Å². The van der Waals surface area contributed by atoms with Gasteiger partial charge in [0, 0.05) is 0 Å². The minimum atomic E-state index is 0.345. The van der Waals surface area contributed by atoms with Crippen molar-refractivity contribution in [2.24, 2.45) is 0 Å². The first-order valence-corrected chi connectivity index (χ1v) is 5.26. The van der Waals surface area contributed by atoms with Gasteiger partial charge in [-0.05, 0) is 36.5 Å². The summed E-state index contributed by atoms with van der Waals surface area (Å²) in [5, 5.41) is 0. The van der Waals surface area contributed by atoms with Crippen molar-refractivity contribution >= 4 is 0 Å². The maximum atomic E-state index is 5.56. The van der Waals surface area contributed by atoms with Crippen molar-refractivity contribution in [3.63, 3.8) is 0 Å². The minimum absolute atomic E-state index is 0.345. The zero-order valence-corrected chi connectivity index (χ0v) is 8.11. The molecule has 0 aromatic heterocycles. The number of epoxide rings is 1. The number of benzene rings is 1. The smallest absolute Gasteiger partial charge is 0.119 e. The van der Waals surface area contributed by atoms with E-state index in [-0.39, 0.29) is 0 Å². The summed E-state index contributed by atoms with van der Waals surface area (Å²) in [4.78, 5) is 0. The Hall–Kier alpha value is -1.02. The van der Waals surface area contributed by atoms with Gasteiger partial charge in [0.05, 0.1) is 6.61 Å². The average molecular weight is 190 g/mol. The van der Waals surface area contributed by atoms with Crippen LogP contribution in [0.25, 0.3) is 0 Å². The second kappa shape index (κ2) is 3.28. The highest BCUT2D eigenvalue weighted by atomic mass is 16.6. The molecule has 1 saturated heterocycles. The lowest BCUT2D eigenvalue weighted by Crippen LogP contribution is -2.03. The molecule has 14 heavy (non-hydrogen) atoms. The molecule has 2 fully saturated rings. The van der Waals surface area contributed by atoms with Crippen LogP contribution in [0.5, 0.6) is 5.75 Å². The van der Waals surface area contributed by atoms with Crippen LogP contribution in [0.1, 0.15) is 24.3 Å². The van der Waals surface area contributed by atoms with Gasteiger partial charge in [0.2, 0.25) is 0 Å². The van der Waals surface area contributed by atoms with Gasteiger partial charge in [-0.2, -0.15) is 0 Å². The average Bonchev–Trinajstić information content (AvgIpc) is 3.07. The van der Waals surface area contributed by atoms with Crippen molar-refractivity contribution in [3.8, 4) is 5.75 Å². The molecule has 1 heterocycles. The topological polar surface area (TPSA) is 21.8 Å². The molecule has 1 unspecified atom stereocenters. The molecule has 0 radical (unpaired) electrons. The second-order valence-electron chi connectivity index (χ2n) is 4.11. The molecule has 0 N–H and O–H groups in total. The third kappa shape index (κ3) is 1.90. The van der Waals surface area contributed by atoms with Crippen LogP contribution in [0.15, 0.2) is 24.3 Å². The predicted octanol–water partition coefficient (Wildman–Crippen LogP) is 2.34. The normalized spacial score (nSPS) is 24.7. The number of ether oxygens (including phenoxy) is 2. The maximum absolute atomic E-state index is 5.56. The SMILES string of the molecule is c1cc(C2CC2)ccc1OCC1CO1. The van der Waals surface area contributed by atoms with Crippen LogP contribution in [-0.4, -0.2) is 19.3 Å². The van der Waals surface area contributed by atoms with E-state index in [1.54, 1.807) is 0 Å². The van der Waals surface area contributed by atoms with E-state index in [4.69, 9.17) is 9.47 Å². The Morgan fingerprint density at radius 1 is 1.21 bits per heavy atom. The van der Waals surface area contributed by atoms with Crippen LogP contribution >= 0.6 is 0 Å². The van der Waals surface area contributed by atoms with Crippen molar-refractivity contribution in [2.75, 3.05) is 13.2 Å². The summed E-state index contributed by atoms with van der Waals surface area (Å²) in [5.74, 6) is 1.79. The predicted molar refractivity (Wildman–Crippen MR) is 53.7 cm³/mol. The van der Waals surface area contributed by atoms with Gasteiger partial charge in [-0.1, -0.05) is 12.1 Å². The fourth-order valence-electron chi connectivity index (χ4n) is 1.61. The van der Waals surface area contributed by atoms with E-state index in [0.717, 1.165) is 18.3 Å². The van der Waals surface area contributed by atoms with Crippen molar-refractivity contribution in [1.29, 1.82) is 0 Å². The molecule has 1 aromatic carbocycles. The van der Waals surface area contributed by atoms with E-state index in [1.807, 2.05) is 0 Å². The van der Waals surface area contributed by atoms with E-state index in [2.05, 4.69) is 24.3 Å². The van der Waals surface area contributed by atoms with E-state index >= 15 is 0 Å². The highest BCUT2D eigenvalue weighted by Crippen LogP contribution is 2.40. The summed E-state index contributed by atoms with van der Waals surface area (Å²) >= 11 is 0. The summed E-state index contributed by atoms with van der Waals surface area (Å²) in [7, 11) is 0.